The zero-order chi connectivity index (χ0) is 16.1. The van der Waals surface area contributed by atoms with Gasteiger partial charge in [0.15, 0.2) is 0 Å². The van der Waals surface area contributed by atoms with Gasteiger partial charge < -0.3 is 5.32 Å². The summed E-state index contributed by atoms with van der Waals surface area (Å²) in [7, 11) is 0. The fourth-order valence-corrected chi connectivity index (χ4v) is 2.65. The van der Waals surface area contributed by atoms with Gasteiger partial charge in [0.25, 0.3) is 5.69 Å². The SMILES string of the molecule is CCCNC(=O)Nc1snc(-c2ccc([N+](=O)[O-])cc2)c1C. The van der Waals surface area contributed by atoms with E-state index in [4.69, 9.17) is 0 Å². The number of carbonyl (C=O) groups excluding carboxylic acids is 1. The molecule has 0 bridgehead atoms. The number of nitrogens with zero attached hydrogens (tertiary/aromatic N) is 2. The number of carbonyl (C=O) groups is 1. The van der Waals surface area contributed by atoms with Gasteiger partial charge in [-0.1, -0.05) is 6.92 Å². The Hall–Kier alpha value is -2.48. The summed E-state index contributed by atoms with van der Waals surface area (Å²) < 4.78 is 4.32. The third-order valence-corrected chi connectivity index (χ3v) is 3.90. The molecule has 0 saturated carbocycles. The van der Waals surface area contributed by atoms with Crippen molar-refractivity contribution in [3.63, 3.8) is 0 Å². The molecule has 7 nitrogen and oxygen atoms in total. The van der Waals surface area contributed by atoms with Gasteiger partial charge in [-0.2, -0.15) is 4.37 Å². The van der Waals surface area contributed by atoms with Gasteiger partial charge in [-0.05, 0) is 37.0 Å². The monoisotopic (exact) mass is 320 g/mol. The Morgan fingerprint density at radius 3 is 2.64 bits per heavy atom. The third-order valence-electron chi connectivity index (χ3n) is 3.04. The second kappa shape index (κ2) is 6.99. The number of non-ortho nitro benzene ring substituents is 1. The quantitative estimate of drug-likeness (QED) is 0.650. The van der Waals surface area contributed by atoms with Gasteiger partial charge in [0.05, 0.1) is 10.6 Å². The van der Waals surface area contributed by atoms with Gasteiger partial charge in [0, 0.05) is 29.8 Å². The predicted molar refractivity (Wildman–Crippen MR) is 86.3 cm³/mol. The van der Waals surface area contributed by atoms with Gasteiger partial charge in [-0.25, -0.2) is 4.79 Å². The van der Waals surface area contributed by atoms with Crippen LogP contribution in [-0.4, -0.2) is 21.9 Å². The minimum atomic E-state index is -0.442. The molecule has 0 radical (unpaired) electrons. The molecule has 0 fully saturated rings. The molecule has 1 aromatic carbocycles. The zero-order valence-corrected chi connectivity index (χ0v) is 13.1. The Morgan fingerprint density at radius 1 is 1.36 bits per heavy atom. The summed E-state index contributed by atoms with van der Waals surface area (Å²) in [6.45, 7) is 4.44. The van der Waals surface area contributed by atoms with Crippen molar-refractivity contribution >= 4 is 28.3 Å². The Bertz CT molecular complexity index is 682. The van der Waals surface area contributed by atoms with Crippen molar-refractivity contribution in [2.24, 2.45) is 0 Å². The first-order valence-electron chi connectivity index (χ1n) is 6.79. The lowest BCUT2D eigenvalue weighted by atomic mass is 10.1. The highest BCUT2D eigenvalue weighted by atomic mass is 32.1. The molecular formula is C14H16N4O3S. The number of rotatable bonds is 5. The fourth-order valence-electron chi connectivity index (χ4n) is 1.85. The number of nitrogens with one attached hydrogen (secondary N) is 2. The lowest BCUT2D eigenvalue weighted by Gasteiger charge is -2.05. The first kappa shape index (κ1) is 15.9. The number of aromatic nitrogens is 1. The molecule has 0 atom stereocenters. The Labute approximate surface area is 131 Å². The molecule has 0 aliphatic rings. The van der Waals surface area contributed by atoms with Crippen molar-refractivity contribution in [1.82, 2.24) is 9.69 Å². The van der Waals surface area contributed by atoms with Crippen molar-refractivity contribution in [2.75, 3.05) is 11.9 Å². The number of hydrogen-bond donors (Lipinski definition) is 2. The van der Waals surface area contributed by atoms with Crippen LogP contribution in [-0.2, 0) is 0 Å². The summed E-state index contributed by atoms with van der Waals surface area (Å²) in [4.78, 5) is 21.9. The predicted octanol–water partition coefficient (Wildman–Crippen LogP) is 3.56. The van der Waals surface area contributed by atoms with E-state index in [2.05, 4.69) is 15.0 Å². The van der Waals surface area contributed by atoms with Gasteiger partial charge in [-0.3, -0.25) is 15.4 Å². The van der Waals surface area contributed by atoms with E-state index in [0.29, 0.717) is 17.2 Å². The lowest BCUT2D eigenvalue weighted by molar-refractivity contribution is -0.384. The number of urea groups is 1. The molecule has 0 aliphatic heterocycles. The Kier molecular flexibility index (Phi) is 5.05. The highest BCUT2D eigenvalue weighted by Crippen LogP contribution is 2.32. The molecule has 22 heavy (non-hydrogen) atoms. The van der Waals surface area contributed by atoms with Crippen LogP contribution in [0, 0.1) is 17.0 Å². The number of amides is 2. The van der Waals surface area contributed by atoms with E-state index in [-0.39, 0.29) is 11.7 Å². The maximum absolute atomic E-state index is 11.7. The maximum atomic E-state index is 11.7. The van der Waals surface area contributed by atoms with E-state index in [0.717, 1.165) is 17.5 Å². The van der Waals surface area contributed by atoms with Gasteiger partial charge in [0.1, 0.15) is 5.00 Å². The number of benzene rings is 1. The smallest absolute Gasteiger partial charge is 0.319 e. The number of nitro benzene ring substituents is 1. The van der Waals surface area contributed by atoms with Crippen LogP contribution in [0.1, 0.15) is 18.9 Å². The van der Waals surface area contributed by atoms with Gasteiger partial charge >= 0.3 is 6.03 Å². The molecule has 2 rings (SSSR count). The molecule has 1 aromatic heterocycles. The first-order chi connectivity index (χ1) is 10.5. The van der Waals surface area contributed by atoms with Crippen LogP contribution in [0.25, 0.3) is 11.3 Å². The molecule has 2 amide bonds. The van der Waals surface area contributed by atoms with Gasteiger partial charge in [0.2, 0.25) is 0 Å². The highest BCUT2D eigenvalue weighted by Gasteiger charge is 2.14. The minimum Gasteiger partial charge on any atom is -0.338 e. The van der Waals surface area contributed by atoms with Crippen LogP contribution >= 0.6 is 11.5 Å². The van der Waals surface area contributed by atoms with Crippen LogP contribution in [0.2, 0.25) is 0 Å². The third kappa shape index (κ3) is 3.59. The van der Waals surface area contributed by atoms with Crippen LogP contribution in [0.3, 0.4) is 0 Å². The number of hydrogen-bond acceptors (Lipinski definition) is 5. The van der Waals surface area contributed by atoms with Gasteiger partial charge in [-0.15, -0.1) is 0 Å². The van der Waals surface area contributed by atoms with Crippen molar-refractivity contribution in [2.45, 2.75) is 20.3 Å². The van der Waals surface area contributed by atoms with Crippen molar-refractivity contribution in [3.8, 4) is 11.3 Å². The van der Waals surface area contributed by atoms with Crippen LogP contribution < -0.4 is 10.6 Å². The first-order valence-corrected chi connectivity index (χ1v) is 7.56. The lowest BCUT2D eigenvalue weighted by Crippen LogP contribution is -2.29. The summed E-state index contributed by atoms with van der Waals surface area (Å²) in [6.07, 6.45) is 0.864. The van der Waals surface area contributed by atoms with Crippen LogP contribution in [0.15, 0.2) is 24.3 Å². The van der Waals surface area contributed by atoms with E-state index in [1.165, 1.54) is 23.7 Å². The molecule has 0 spiro atoms. The Morgan fingerprint density at radius 2 is 2.05 bits per heavy atom. The van der Waals surface area contributed by atoms with E-state index < -0.39 is 4.92 Å². The van der Waals surface area contributed by atoms with Crippen molar-refractivity contribution < 1.29 is 9.72 Å². The molecule has 116 valence electrons. The molecule has 1 heterocycles. The average Bonchev–Trinajstić information content (AvgIpc) is 2.86. The number of nitro groups is 1. The average molecular weight is 320 g/mol. The molecule has 0 saturated heterocycles. The normalized spacial score (nSPS) is 10.3. The number of anilines is 1. The highest BCUT2D eigenvalue weighted by molar-refractivity contribution is 7.10. The molecule has 2 aromatic rings. The largest absolute Gasteiger partial charge is 0.338 e. The fraction of sp³-hybridized carbons (Fsp3) is 0.286. The van der Waals surface area contributed by atoms with Crippen LogP contribution in [0.4, 0.5) is 15.5 Å². The maximum Gasteiger partial charge on any atom is 0.319 e. The molecule has 8 heteroatoms. The van der Waals surface area contributed by atoms with Crippen LogP contribution in [0.5, 0.6) is 0 Å². The van der Waals surface area contributed by atoms with E-state index in [9.17, 15) is 14.9 Å². The standard InChI is InChI=1S/C14H16N4O3S/c1-3-8-15-14(19)16-13-9(2)12(17-22-13)10-4-6-11(7-5-10)18(20)21/h4-7H,3,8H2,1-2H3,(H2,15,16,19). The summed E-state index contributed by atoms with van der Waals surface area (Å²) in [6, 6.07) is 5.93. The summed E-state index contributed by atoms with van der Waals surface area (Å²) in [5.41, 5.74) is 2.37. The van der Waals surface area contributed by atoms with E-state index in [1.807, 2.05) is 13.8 Å². The summed E-state index contributed by atoms with van der Waals surface area (Å²) in [5.74, 6) is 0. The minimum absolute atomic E-state index is 0.0360. The Balaban J connectivity index is 2.16. The molecular weight excluding hydrogens is 304 g/mol. The van der Waals surface area contributed by atoms with E-state index >= 15 is 0 Å². The van der Waals surface area contributed by atoms with Crippen molar-refractivity contribution in [3.05, 3.63) is 39.9 Å². The zero-order valence-electron chi connectivity index (χ0n) is 12.3. The summed E-state index contributed by atoms with van der Waals surface area (Å²) in [5, 5.41) is 16.8. The molecule has 2 N–H and O–H groups in total. The molecule has 0 unspecified atom stereocenters. The molecule has 0 aliphatic carbocycles. The second-order valence-electron chi connectivity index (χ2n) is 4.67. The summed E-state index contributed by atoms with van der Waals surface area (Å²) >= 11 is 1.19. The topological polar surface area (TPSA) is 97.2 Å². The van der Waals surface area contributed by atoms with E-state index in [1.54, 1.807) is 12.1 Å². The van der Waals surface area contributed by atoms with Crippen molar-refractivity contribution in [1.29, 1.82) is 0 Å². The second-order valence-corrected chi connectivity index (χ2v) is 5.44.